The summed E-state index contributed by atoms with van der Waals surface area (Å²) in [4.78, 5) is -0.789. The van der Waals surface area contributed by atoms with Gasteiger partial charge < -0.3 is 0 Å². The largest absolute Gasteiger partial charge is 0.417 e. The van der Waals surface area contributed by atoms with Crippen LogP contribution in [-0.2, 0) is 12.4 Å². The molecule has 0 aliphatic heterocycles. The van der Waals surface area contributed by atoms with E-state index < -0.39 is 28.4 Å². The normalized spacial score (nSPS) is 12.9. The van der Waals surface area contributed by atoms with Gasteiger partial charge in [0.1, 0.15) is 0 Å². The number of benzene rings is 1. The van der Waals surface area contributed by atoms with Crippen molar-refractivity contribution in [2.75, 3.05) is 6.26 Å². The van der Waals surface area contributed by atoms with Gasteiger partial charge in [0.15, 0.2) is 0 Å². The molecule has 0 nitrogen and oxygen atoms in total. The molecule has 0 aliphatic carbocycles. The summed E-state index contributed by atoms with van der Waals surface area (Å²) in [6, 6.07) is 2.04. The molecular weight excluding hydrogens is 254 g/mol. The van der Waals surface area contributed by atoms with Crippen molar-refractivity contribution in [3.63, 3.8) is 0 Å². The second kappa shape index (κ2) is 4.20. The summed E-state index contributed by atoms with van der Waals surface area (Å²) in [5.74, 6) is 0. The molecule has 1 aromatic rings. The van der Waals surface area contributed by atoms with Crippen molar-refractivity contribution in [1.29, 1.82) is 0 Å². The van der Waals surface area contributed by atoms with Crippen molar-refractivity contribution in [2.45, 2.75) is 17.2 Å². The van der Waals surface area contributed by atoms with Crippen molar-refractivity contribution in [1.82, 2.24) is 0 Å². The van der Waals surface area contributed by atoms with Crippen LogP contribution in [0.3, 0.4) is 0 Å². The molecule has 0 unspecified atom stereocenters. The molecule has 0 saturated heterocycles. The van der Waals surface area contributed by atoms with E-state index in [0.717, 1.165) is 6.07 Å². The Bertz CT molecular complexity index is 346. The third-order valence-corrected chi connectivity index (χ3v) is 2.68. The zero-order valence-corrected chi connectivity index (χ0v) is 8.72. The van der Waals surface area contributed by atoms with Gasteiger partial charge in [0.25, 0.3) is 0 Å². The van der Waals surface area contributed by atoms with Crippen LogP contribution in [0.4, 0.5) is 26.3 Å². The summed E-state index contributed by atoms with van der Waals surface area (Å²) in [7, 11) is 0. The van der Waals surface area contributed by atoms with E-state index in [1.165, 1.54) is 6.26 Å². The Morgan fingerprint density at radius 3 is 1.50 bits per heavy atom. The molecule has 1 rings (SSSR count). The first kappa shape index (κ1) is 13.2. The Labute approximate surface area is 91.6 Å². The van der Waals surface area contributed by atoms with Gasteiger partial charge in [0.2, 0.25) is 0 Å². The lowest BCUT2D eigenvalue weighted by Gasteiger charge is -2.16. The highest BCUT2D eigenvalue weighted by atomic mass is 32.2. The van der Waals surface area contributed by atoms with Crippen LogP contribution < -0.4 is 0 Å². The molecular formula is C9H6F6S. The Morgan fingerprint density at radius 2 is 1.25 bits per heavy atom. The van der Waals surface area contributed by atoms with Crippen molar-refractivity contribution in [3.05, 3.63) is 29.3 Å². The minimum atomic E-state index is -4.78. The summed E-state index contributed by atoms with van der Waals surface area (Å²) < 4.78 is 74.5. The van der Waals surface area contributed by atoms with Gasteiger partial charge in [-0.1, -0.05) is 6.07 Å². The van der Waals surface area contributed by atoms with Crippen LogP contribution in [0.15, 0.2) is 23.1 Å². The zero-order valence-electron chi connectivity index (χ0n) is 7.91. The Kier molecular flexibility index (Phi) is 3.47. The van der Waals surface area contributed by atoms with Crippen LogP contribution in [-0.4, -0.2) is 6.26 Å². The van der Waals surface area contributed by atoms with Crippen LogP contribution >= 0.6 is 11.8 Å². The van der Waals surface area contributed by atoms with Crippen LogP contribution in [0, 0.1) is 0 Å². The maximum Gasteiger partial charge on any atom is 0.417 e. The molecule has 0 saturated carbocycles. The fourth-order valence-corrected chi connectivity index (χ4v) is 2.01. The highest BCUT2D eigenvalue weighted by Crippen LogP contribution is 2.43. The van der Waals surface area contributed by atoms with Gasteiger partial charge in [0, 0.05) is 4.90 Å². The molecule has 7 heteroatoms. The topological polar surface area (TPSA) is 0 Å². The number of rotatable bonds is 1. The predicted molar refractivity (Wildman–Crippen MR) is 48.2 cm³/mol. The van der Waals surface area contributed by atoms with Gasteiger partial charge >= 0.3 is 12.4 Å². The average molecular weight is 260 g/mol. The second-order valence-electron chi connectivity index (χ2n) is 2.88. The van der Waals surface area contributed by atoms with E-state index in [1.54, 1.807) is 0 Å². The monoisotopic (exact) mass is 260 g/mol. The molecule has 0 fully saturated rings. The predicted octanol–water partition coefficient (Wildman–Crippen LogP) is 4.45. The van der Waals surface area contributed by atoms with E-state index in [1.807, 2.05) is 0 Å². The SMILES string of the molecule is CSc1c(C(F)(F)F)cccc1C(F)(F)F. The standard InChI is InChI=1S/C9H6F6S/c1-16-7-5(8(10,11)12)3-2-4-6(7)9(13,14)15/h2-4H,1H3. The Balaban J connectivity index is 3.45. The van der Waals surface area contributed by atoms with E-state index >= 15 is 0 Å². The lowest BCUT2D eigenvalue weighted by atomic mass is 10.1. The fraction of sp³-hybridized carbons (Fsp3) is 0.333. The van der Waals surface area contributed by atoms with Crippen molar-refractivity contribution in [3.8, 4) is 0 Å². The average Bonchev–Trinajstić information content (AvgIpc) is 2.13. The van der Waals surface area contributed by atoms with E-state index in [0.29, 0.717) is 23.9 Å². The zero-order chi connectivity index (χ0) is 12.6. The van der Waals surface area contributed by atoms with Gasteiger partial charge in [-0.05, 0) is 18.4 Å². The Morgan fingerprint density at radius 1 is 0.875 bits per heavy atom. The van der Waals surface area contributed by atoms with E-state index in [2.05, 4.69) is 0 Å². The lowest BCUT2D eigenvalue weighted by Crippen LogP contribution is -2.13. The summed E-state index contributed by atoms with van der Waals surface area (Å²) in [6.45, 7) is 0. The molecule has 0 heterocycles. The van der Waals surface area contributed by atoms with Crippen LogP contribution in [0.1, 0.15) is 11.1 Å². The van der Waals surface area contributed by atoms with Crippen molar-refractivity contribution in [2.24, 2.45) is 0 Å². The molecule has 0 aromatic heterocycles. The first-order valence-electron chi connectivity index (χ1n) is 3.99. The van der Waals surface area contributed by atoms with Gasteiger partial charge in [0.05, 0.1) is 11.1 Å². The van der Waals surface area contributed by atoms with E-state index in [-0.39, 0.29) is 0 Å². The summed E-state index contributed by atoms with van der Waals surface area (Å²) in [5, 5.41) is 0. The summed E-state index contributed by atoms with van der Waals surface area (Å²) in [5.41, 5.74) is -2.51. The maximum atomic E-state index is 12.4. The molecule has 0 bridgehead atoms. The molecule has 1 aromatic carbocycles. The Hall–Kier alpha value is -0.850. The summed E-state index contributed by atoms with van der Waals surface area (Å²) in [6.07, 6.45) is -8.38. The molecule has 0 spiro atoms. The lowest BCUT2D eigenvalue weighted by molar-refractivity contribution is -0.147. The minimum Gasteiger partial charge on any atom is -0.166 e. The number of hydrogen-bond acceptors (Lipinski definition) is 1. The maximum absolute atomic E-state index is 12.4. The minimum absolute atomic E-state index is 0.436. The highest BCUT2D eigenvalue weighted by molar-refractivity contribution is 7.98. The molecule has 0 atom stereocenters. The molecule has 90 valence electrons. The first-order valence-corrected chi connectivity index (χ1v) is 5.22. The molecule has 0 N–H and O–H groups in total. The van der Waals surface area contributed by atoms with E-state index in [4.69, 9.17) is 0 Å². The van der Waals surface area contributed by atoms with Crippen LogP contribution in [0.5, 0.6) is 0 Å². The summed E-state index contributed by atoms with van der Waals surface area (Å²) >= 11 is 0.436. The first-order chi connectivity index (χ1) is 7.18. The molecule has 0 radical (unpaired) electrons. The quantitative estimate of drug-likeness (QED) is 0.531. The fourth-order valence-electron chi connectivity index (χ4n) is 1.20. The van der Waals surface area contributed by atoms with Crippen LogP contribution in [0.25, 0.3) is 0 Å². The molecule has 16 heavy (non-hydrogen) atoms. The van der Waals surface area contributed by atoms with Gasteiger partial charge in [-0.3, -0.25) is 0 Å². The van der Waals surface area contributed by atoms with Crippen molar-refractivity contribution >= 4 is 11.8 Å². The van der Waals surface area contributed by atoms with Crippen molar-refractivity contribution < 1.29 is 26.3 Å². The number of thioether (sulfide) groups is 1. The number of alkyl halides is 6. The third kappa shape index (κ3) is 2.63. The van der Waals surface area contributed by atoms with Gasteiger partial charge in [-0.15, -0.1) is 11.8 Å². The van der Waals surface area contributed by atoms with Gasteiger partial charge in [-0.25, -0.2) is 0 Å². The van der Waals surface area contributed by atoms with E-state index in [9.17, 15) is 26.3 Å². The molecule has 0 aliphatic rings. The number of hydrogen-bond donors (Lipinski definition) is 0. The molecule has 0 amide bonds. The van der Waals surface area contributed by atoms with Crippen LogP contribution in [0.2, 0.25) is 0 Å². The number of halogens is 6. The second-order valence-corrected chi connectivity index (χ2v) is 3.70. The highest BCUT2D eigenvalue weighted by Gasteiger charge is 2.40. The third-order valence-electron chi connectivity index (χ3n) is 1.83. The smallest absolute Gasteiger partial charge is 0.166 e. The van der Waals surface area contributed by atoms with Gasteiger partial charge in [-0.2, -0.15) is 26.3 Å².